The van der Waals surface area contributed by atoms with Gasteiger partial charge in [-0.15, -0.1) is 0 Å². The number of piperazine rings is 1. The third-order valence-corrected chi connectivity index (χ3v) is 9.88. The van der Waals surface area contributed by atoms with E-state index in [4.69, 9.17) is 19.2 Å². The van der Waals surface area contributed by atoms with E-state index in [1.807, 2.05) is 18.7 Å². The maximum atomic E-state index is 15.9. The third kappa shape index (κ3) is 6.56. The number of methoxy groups -OCH3 is 1. The molecule has 47 heavy (non-hydrogen) atoms. The molecule has 1 unspecified atom stereocenters. The smallest absolute Gasteiger partial charge is 0.261 e. The molecule has 0 bridgehead atoms. The molecular formula is C36H50FN5O5. The molecule has 4 heterocycles. The molecule has 11 heteroatoms. The molecule has 0 aliphatic carbocycles. The summed E-state index contributed by atoms with van der Waals surface area (Å²) in [6, 6.07) is 4.56. The number of rotatable bonds is 10. The number of benzene rings is 1. The van der Waals surface area contributed by atoms with Crippen LogP contribution in [0.2, 0.25) is 0 Å². The van der Waals surface area contributed by atoms with Crippen LogP contribution in [-0.2, 0) is 16.0 Å². The Labute approximate surface area is 278 Å². The second-order valence-electron chi connectivity index (χ2n) is 14.0. The Balaban J connectivity index is 1.69. The van der Waals surface area contributed by atoms with E-state index in [0.29, 0.717) is 79.9 Å². The van der Waals surface area contributed by atoms with Crippen LogP contribution in [0.1, 0.15) is 63.9 Å². The number of hydrogen-bond acceptors (Lipinski definition) is 8. The van der Waals surface area contributed by atoms with Gasteiger partial charge in [0.2, 0.25) is 5.91 Å². The lowest BCUT2D eigenvalue weighted by Crippen LogP contribution is -2.57. The van der Waals surface area contributed by atoms with Crippen LogP contribution in [0, 0.1) is 5.82 Å². The molecule has 10 nitrogen and oxygen atoms in total. The SMILES string of the molecule is C=CC(=O)N1CCN2C(=O)c3c(N4CC(N(C)CC(C)(C)OC)CC4(C)C)nc(-c4c(F)cccc4OCC)c(CC)c3OC[C@H]2C1. The summed E-state index contributed by atoms with van der Waals surface area (Å²) in [5, 5.41) is 0. The Morgan fingerprint density at radius 2 is 1.98 bits per heavy atom. The number of nitrogens with zero attached hydrogens (tertiary/aromatic N) is 5. The predicted molar refractivity (Wildman–Crippen MR) is 181 cm³/mol. The summed E-state index contributed by atoms with van der Waals surface area (Å²) < 4.78 is 34.1. The van der Waals surface area contributed by atoms with Gasteiger partial charge in [0.05, 0.1) is 29.5 Å². The van der Waals surface area contributed by atoms with Crippen molar-refractivity contribution in [3.05, 3.63) is 47.8 Å². The van der Waals surface area contributed by atoms with E-state index in [-0.39, 0.29) is 41.7 Å². The van der Waals surface area contributed by atoms with E-state index in [9.17, 15) is 9.59 Å². The third-order valence-electron chi connectivity index (χ3n) is 9.88. The fraction of sp³-hybridized carbons (Fsp3) is 0.583. The van der Waals surface area contributed by atoms with Crippen molar-refractivity contribution in [2.45, 2.75) is 77.6 Å². The minimum Gasteiger partial charge on any atom is -0.493 e. The monoisotopic (exact) mass is 651 g/mol. The van der Waals surface area contributed by atoms with E-state index >= 15 is 4.39 Å². The molecule has 3 aliphatic rings. The summed E-state index contributed by atoms with van der Waals surface area (Å²) in [6.07, 6.45) is 2.56. The number of pyridine rings is 1. The number of anilines is 1. The second kappa shape index (κ2) is 13.4. The molecule has 0 radical (unpaired) electrons. The minimum absolute atomic E-state index is 0.140. The zero-order valence-electron chi connectivity index (χ0n) is 29.2. The fourth-order valence-electron chi connectivity index (χ4n) is 7.27. The Kier molecular flexibility index (Phi) is 9.89. The van der Waals surface area contributed by atoms with Gasteiger partial charge < -0.3 is 28.9 Å². The highest BCUT2D eigenvalue weighted by Gasteiger charge is 2.46. The number of likely N-dealkylation sites (N-methyl/N-ethyl adjacent to an activating group) is 1. The van der Waals surface area contributed by atoms with Gasteiger partial charge in [-0.25, -0.2) is 9.37 Å². The van der Waals surface area contributed by atoms with Gasteiger partial charge in [-0.05, 0) is 72.7 Å². The highest BCUT2D eigenvalue weighted by atomic mass is 19.1. The van der Waals surface area contributed by atoms with Gasteiger partial charge in [-0.2, -0.15) is 0 Å². The molecule has 1 aromatic carbocycles. The van der Waals surface area contributed by atoms with Crippen molar-refractivity contribution in [1.29, 1.82) is 0 Å². The number of aromatic nitrogens is 1. The highest BCUT2D eigenvalue weighted by Crippen LogP contribution is 2.47. The van der Waals surface area contributed by atoms with E-state index in [2.05, 4.69) is 51.1 Å². The van der Waals surface area contributed by atoms with Gasteiger partial charge in [0.1, 0.15) is 35.3 Å². The number of ether oxygens (including phenoxy) is 3. The standard InChI is InChI=1S/C36H50FN5O5/c1-10-25-31(29-26(37)14-13-15-27(29)46-12-3)38-33(42-20-23(18-35(42,4)5)39(8)22-36(6,7)45-9)30-32(25)47-21-24-19-40(28(43)11-2)16-17-41(24)34(30)44/h11,13-15,23-24H,2,10,12,16-22H2,1,3-9H3/t23?,24-/m1/s1. The zero-order chi connectivity index (χ0) is 34.3. The first-order valence-electron chi connectivity index (χ1n) is 16.6. The normalized spacial score (nSPS) is 20.9. The average Bonchev–Trinajstić information content (AvgIpc) is 3.29. The number of halogens is 1. The molecule has 2 fully saturated rings. The van der Waals surface area contributed by atoms with Crippen molar-refractivity contribution in [2.24, 2.45) is 0 Å². The van der Waals surface area contributed by atoms with Crippen LogP contribution in [0.4, 0.5) is 10.2 Å². The summed E-state index contributed by atoms with van der Waals surface area (Å²) in [6.45, 7) is 18.8. The largest absolute Gasteiger partial charge is 0.493 e. The quantitative estimate of drug-likeness (QED) is 0.339. The van der Waals surface area contributed by atoms with Gasteiger partial charge >= 0.3 is 0 Å². The summed E-state index contributed by atoms with van der Waals surface area (Å²) in [4.78, 5) is 40.5. The van der Waals surface area contributed by atoms with E-state index in [0.717, 1.165) is 6.42 Å². The first-order valence-corrected chi connectivity index (χ1v) is 16.6. The molecule has 3 aliphatic heterocycles. The van der Waals surface area contributed by atoms with Crippen LogP contribution in [0.5, 0.6) is 11.5 Å². The predicted octanol–water partition coefficient (Wildman–Crippen LogP) is 4.79. The van der Waals surface area contributed by atoms with Crippen LogP contribution < -0.4 is 14.4 Å². The maximum Gasteiger partial charge on any atom is 0.261 e. The molecule has 0 N–H and O–H groups in total. The van der Waals surface area contributed by atoms with E-state index < -0.39 is 11.4 Å². The molecule has 2 aromatic rings. The van der Waals surface area contributed by atoms with Crippen LogP contribution in [-0.4, -0.2) is 115 Å². The molecule has 0 saturated carbocycles. The van der Waals surface area contributed by atoms with Gasteiger partial charge in [0.25, 0.3) is 5.91 Å². The van der Waals surface area contributed by atoms with Crippen LogP contribution >= 0.6 is 0 Å². The van der Waals surface area contributed by atoms with Gasteiger partial charge in [-0.3, -0.25) is 14.5 Å². The lowest BCUT2D eigenvalue weighted by Gasteiger charge is -2.40. The molecule has 5 rings (SSSR count). The van der Waals surface area contributed by atoms with Crippen molar-refractivity contribution in [2.75, 3.05) is 65.0 Å². The maximum absolute atomic E-state index is 15.9. The van der Waals surface area contributed by atoms with Gasteiger partial charge in [-0.1, -0.05) is 19.6 Å². The highest BCUT2D eigenvalue weighted by molar-refractivity contribution is 6.04. The molecular weight excluding hydrogens is 601 g/mol. The minimum atomic E-state index is -0.458. The first kappa shape index (κ1) is 34.6. The van der Waals surface area contributed by atoms with Gasteiger partial charge in [0.15, 0.2) is 0 Å². The van der Waals surface area contributed by atoms with Crippen LogP contribution in [0.15, 0.2) is 30.9 Å². The zero-order valence-corrected chi connectivity index (χ0v) is 29.2. The average molecular weight is 652 g/mol. The Bertz CT molecular complexity index is 1530. The van der Waals surface area contributed by atoms with E-state index in [1.54, 1.807) is 24.1 Å². The molecule has 2 atom stereocenters. The van der Waals surface area contributed by atoms with Crippen molar-refractivity contribution in [1.82, 2.24) is 19.7 Å². The lowest BCUT2D eigenvalue weighted by molar-refractivity contribution is -0.128. The topological polar surface area (TPSA) is 87.7 Å². The number of carbonyl (C=O) groups is 2. The van der Waals surface area contributed by atoms with Crippen molar-refractivity contribution < 1.29 is 28.2 Å². The summed E-state index contributed by atoms with van der Waals surface area (Å²) in [5.41, 5.74) is 0.956. The van der Waals surface area contributed by atoms with Crippen molar-refractivity contribution in [3.63, 3.8) is 0 Å². The number of carbonyl (C=O) groups excluding carboxylic acids is 2. The Morgan fingerprint density at radius 1 is 1.23 bits per heavy atom. The summed E-state index contributed by atoms with van der Waals surface area (Å²) in [7, 11) is 3.82. The van der Waals surface area contributed by atoms with Crippen LogP contribution in [0.25, 0.3) is 11.3 Å². The Hall–Kier alpha value is -3.70. The van der Waals surface area contributed by atoms with Crippen molar-refractivity contribution >= 4 is 17.6 Å². The molecule has 256 valence electrons. The molecule has 1 aromatic heterocycles. The second-order valence-corrected chi connectivity index (χ2v) is 14.0. The summed E-state index contributed by atoms with van der Waals surface area (Å²) in [5.74, 6) is 0.458. The molecule has 0 spiro atoms. The number of amides is 2. The molecule has 2 saturated heterocycles. The lowest BCUT2D eigenvalue weighted by atomic mass is 9.96. The van der Waals surface area contributed by atoms with E-state index in [1.165, 1.54) is 12.1 Å². The number of fused-ring (bicyclic) bond motifs is 2. The van der Waals surface area contributed by atoms with Crippen LogP contribution in [0.3, 0.4) is 0 Å². The fourth-order valence-corrected chi connectivity index (χ4v) is 7.27. The summed E-state index contributed by atoms with van der Waals surface area (Å²) >= 11 is 0. The van der Waals surface area contributed by atoms with Crippen molar-refractivity contribution in [3.8, 4) is 22.8 Å². The van der Waals surface area contributed by atoms with Gasteiger partial charge in [0, 0.05) is 57.0 Å². The first-order chi connectivity index (χ1) is 22.3. The molecule has 2 amide bonds. The number of hydrogen-bond donors (Lipinski definition) is 0. The Morgan fingerprint density at radius 3 is 2.64 bits per heavy atom.